The van der Waals surface area contributed by atoms with E-state index >= 15 is 0 Å². The fourth-order valence-corrected chi connectivity index (χ4v) is 4.78. The van der Waals surface area contributed by atoms with Crippen LogP contribution in [0.15, 0.2) is 48.5 Å². The standard InChI is InChI=1S/C17H20N2O.C10H14O2/c1-18(2)15-9-5-13(6-10-15)17(20)14-7-11-16(12-8-14)19(3)4;1-9(2)6-4-5-10(9,3)8(12)7(6)11/h5-12H,1-4H3;6H,4-5H2,1-3H3. The third-order valence-corrected chi connectivity index (χ3v) is 7.56. The van der Waals surface area contributed by atoms with Gasteiger partial charge in [-0.05, 0) is 66.8 Å². The summed E-state index contributed by atoms with van der Waals surface area (Å²) in [4.78, 5) is 39.4. The number of hydrogen-bond acceptors (Lipinski definition) is 5. The van der Waals surface area contributed by atoms with Gasteiger partial charge < -0.3 is 9.80 Å². The number of carbonyl (C=O) groups excluding carboxylic acids is 3. The van der Waals surface area contributed by atoms with Crippen LogP contribution in [0, 0.1) is 16.7 Å². The fourth-order valence-electron chi connectivity index (χ4n) is 4.78. The monoisotopic (exact) mass is 434 g/mol. The SMILES string of the molecule is CC12CCC(C(=O)C1=O)C2(C)C.CN(C)c1ccc(C(=O)c2ccc(N(C)C)cc2)cc1. The Morgan fingerprint density at radius 3 is 1.44 bits per heavy atom. The van der Waals surface area contributed by atoms with Crippen molar-refractivity contribution in [2.75, 3.05) is 38.0 Å². The Morgan fingerprint density at radius 1 is 0.781 bits per heavy atom. The lowest BCUT2D eigenvalue weighted by atomic mass is 9.70. The minimum atomic E-state index is -0.352. The molecule has 0 heterocycles. The highest BCUT2D eigenvalue weighted by atomic mass is 16.2. The second-order valence-electron chi connectivity index (χ2n) is 10.1. The number of carbonyl (C=O) groups is 3. The normalized spacial score (nSPS) is 22.9. The zero-order chi connectivity index (χ0) is 23.8. The van der Waals surface area contributed by atoms with Gasteiger partial charge in [0.1, 0.15) is 0 Å². The van der Waals surface area contributed by atoms with Gasteiger partial charge in [0.25, 0.3) is 0 Å². The van der Waals surface area contributed by atoms with Gasteiger partial charge in [0.2, 0.25) is 11.6 Å². The van der Waals surface area contributed by atoms with Crippen molar-refractivity contribution in [2.24, 2.45) is 16.7 Å². The Morgan fingerprint density at radius 2 is 1.19 bits per heavy atom. The van der Waals surface area contributed by atoms with Crippen LogP contribution in [0.2, 0.25) is 0 Å². The summed E-state index contributed by atoms with van der Waals surface area (Å²) in [5.41, 5.74) is 3.16. The van der Waals surface area contributed by atoms with Gasteiger partial charge >= 0.3 is 0 Å². The number of nitrogens with zero attached hydrogens (tertiary/aromatic N) is 2. The lowest BCUT2D eigenvalue weighted by Gasteiger charge is -2.31. The molecule has 2 bridgehead atoms. The van der Waals surface area contributed by atoms with E-state index in [-0.39, 0.29) is 34.1 Å². The molecule has 0 saturated heterocycles. The van der Waals surface area contributed by atoms with Crippen LogP contribution in [0.1, 0.15) is 49.5 Å². The van der Waals surface area contributed by atoms with Gasteiger partial charge in [-0.3, -0.25) is 14.4 Å². The zero-order valence-corrected chi connectivity index (χ0v) is 20.2. The Labute approximate surface area is 191 Å². The molecule has 2 fully saturated rings. The van der Waals surface area contributed by atoms with Crippen molar-refractivity contribution in [3.05, 3.63) is 59.7 Å². The molecule has 2 atom stereocenters. The van der Waals surface area contributed by atoms with Gasteiger partial charge in [-0.25, -0.2) is 0 Å². The van der Waals surface area contributed by atoms with Crippen LogP contribution in [-0.4, -0.2) is 45.5 Å². The first-order valence-corrected chi connectivity index (χ1v) is 11.1. The van der Waals surface area contributed by atoms with E-state index in [1.165, 1.54) is 0 Å². The summed E-state index contributed by atoms with van der Waals surface area (Å²) in [6.07, 6.45) is 1.81. The summed E-state index contributed by atoms with van der Waals surface area (Å²) in [5, 5.41) is 0. The molecule has 5 nitrogen and oxygen atoms in total. The van der Waals surface area contributed by atoms with Crippen molar-refractivity contribution in [1.82, 2.24) is 0 Å². The number of Topliss-reactive ketones (excluding diaryl/α,β-unsaturated/α-hetero) is 2. The Balaban J connectivity index is 0.000000204. The van der Waals surface area contributed by atoms with Crippen molar-refractivity contribution in [3.8, 4) is 0 Å². The molecule has 0 N–H and O–H groups in total. The average molecular weight is 435 g/mol. The molecular weight excluding hydrogens is 400 g/mol. The van der Waals surface area contributed by atoms with Crippen molar-refractivity contribution in [1.29, 1.82) is 0 Å². The highest BCUT2D eigenvalue weighted by molar-refractivity contribution is 6.43. The van der Waals surface area contributed by atoms with Gasteiger partial charge in [0, 0.05) is 62.0 Å². The van der Waals surface area contributed by atoms with Crippen molar-refractivity contribution < 1.29 is 14.4 Å². The van der Waals surface area contributed by atoms with Gasteiger partial charge in [-0.1, -0.05) is 20.8 Å². The average Bonchev–Trinajstić information content (AvgIpc) is 3.07. The number of hydrogen-bond donors (Lipinski definition) is 0. The Hall–Kier alpha value is -2.95. The minimum absolute atomic E-state index is 0.00926. The summed E-state index contributed by atoms with van der Waals surface area (Å²) in [5.74, 6) is -0.173. The van der Waals surface area contributed by atoms with E-state index in [2.05, 4.69) is 0 Å². The van der Waals surface area contributed by atoms with Crippen LogP contribution >= 0.6 is 0 Å². The molecule has 32 heavy (non-hydrogen) atoms. The summed E-state index contributed by atoms with van der Waals surface area (Å²) in [7, 11) is 7.93. The van der Waals surface area contributed by atoms with E-state index in [0.717, 1.165) is 24.2 Å². The minimum Gasteiger partial charge on any atom is -0.378 e. The predicted molar refractivity (Wildman–Crippen MR) is 130 cm³/mol. The smallest absolute Gasteiger partial charge is 0.205 e. The Kier molecular flexibility index (Phi) is 6.32. The molecule has 2 aliphatic rings. The van der Waals surface area contributed by atoms with Crippen LogP contribution in [0.25, 0.3) is 0 Å². The molecule has 2 aliphatic carbocycles. The molecule has 0 radical (unpaired) electrons. The summed E-state index contributed by atoms with van der Waals surface area (Å²) >= 11 is 0. The van der Waals surface area contributed by atoms with Gasteiger partial charge in [-0.15, -0.1) is 0 Å². The van der Waals surface area contributed by atoms with Crippen molar-refractivity contribution >= 4 is 28.7 Å². The summed E-state index contributed by atoms with van der Waals surface area (Å²) in [6.45, 7) is 6.04. The largest absolute Gasteiger partial charge is 0.378 e. The number of rotatable bonds is 4. The molecule has 2 aromatic carbocycles. The predicted octanol–water partition coefficient (Wildman–Crippen LogP) is 4.63. The molecular formula is C27H34N2O3. The molecule has 2 unspecified atom stereocenters. The first-order chi connectivity index (χ1) is 14.9. The topological polar surface area (TPSA) is 57.7 Å². The second kappa shape index (κ2) is 8.53. The number of benzene rings is 2. The van der Waals surface area contributed by atoms with Crippen LogP contribution in [0.4, 0.5) is 11.4 Å². The molecule has 0 amide bonds. The van der Waals surface area contributed by atoms with E-state index in [9.17, 15) is 14.4 Å². The number of anilines is 2. The van der Waals surface area contributed by atoms with Crippen molar-refractivity contribution in [3.63, 3.8) is 0 Å². The molecule has 0 aromatic heterocycles. The first kappa shape index (κ1) is 23.7. The molecule has 4 rings (SSSR count). The molecule has 170 valence electrons. The molecule has 0 spiro atoms. The van der Waals surface area contributed by atoms with Crippen LogP contribution < -0.4 is 9.80 Å². The van der Waals surface area contributed by atoms with Gasteiger partial charge in [-0.2, -0.15) is 0 Å². The molecule has 2 saturated carbocycles. The fraction of sp³-hybridized carbons (Fsp3) is 0.444. The van der Waals surface area contributed by atoms with Gasteiger partial charge in [0.15, 0.2) is 5.78 Å². The van der Waals surface area contributed by atoms with Crippen LogP contribution in [-0.2, 0) is 9.59 Å². The molecule has 2 aromatic rings. The van der Waals surface area contributed by atoms with E-state index in [0.29, 0.717) is 11.1 Å². The highest BCUT2D eigenvalue weighted by Crippen LogP contribution is 2.61. The summed E-state index contributed by atoms with van der Waals surface area (Å²) < 4.78 is 0. The second-order valence-corrected chi connectivity index (χ2v) is 10.1. The lowest BCUT2D eigenvalue weighted by molar-refractivity contribution is -0.141. The van der Waals surface area contributed by atoms with Gasteiger partial charge in [0.05, 0.1) is 0 Å². The summed E-state index contributed by atoms with van der Waals surface area (Å²) in [6, 6.07) is 15.3. The maximum absolute atomic E-state index is 12.4. The van der Waals surface area contributed by atoms with Crippen molar-refractivity contribution in [2.45, 2.75) is 33.6 Å². The van der Waals surface area contributed by atoms with E-state index in [1.807, 2.05) is 107 Å². The maximum atomic E-state index is 12.4. The van der Waals surface area contributed by atoms with E-state index in [4.69, 9.17) is 0 Å². The van der Waals surface area contributed by atoms with Crippen LogP contribution in [0.5, 0.6) is 0 Å². The third-order valence-electron chi connectivity index (χ3n) is 7.56. The number of fused-ring (bicyclic) bond motifs is 2. The molecule has 0 aliphatic heterocycles. The number of ketones is 3. The third kappa shape index (κ3) is 3.96. The molecule has 5 heteroatoms. The van der Waals surface area contributed by atoms with Crippen LogP contribution in [0.3, 0.4) is 0 Å². The first-order valence-electron chi connectivity index (χ1n) is 11.1. The maximum Gasteiger partial charge on any atom is 0.205 e. The quantitative estimate of drug-likeness (QED) is 0.519. The highest BCUT2D eigenvalue weighted by Gasteiger charge is 2.66. The lowest BCUT2D eigenvalue weighted by Crippen LogP contribution is -2.33. The van der Waals surface area contributed by atoms with E-state index in [1.54, 1.807) is 0 Å². The Bertz CT molecular complexity index is 966. The zero-order valence-electron chi connectivity index (χ0n) is 20.2. The van der Waals surface area contributed by atoms with E-state index < -0.39 is 0 Å².